The minimum Gasteiger partial charge on any atom is -0.479 e. The highest BCUT2D eigenvalue weighted by atomic mass is 19.1. The van der Waals surface area contributed by atoms with E-state index in [2.05, 4.69) is 5.32 Å². The summed E-state index contributed by atoms with van der Waals surface area (Å²) >= 11 is 0. The summed E-state index contributed by atoms with van der Waals surface area (Å²) in [6.07, 6.45) is 0. The number of benzene rings is 2. The highest BCUT2D eigenvalue weighted by Crippen LogP contribution is 2.18. The van der Waals surface area contributed by atoms with Crippen LogP contribution in [0, 0.1) is 23.0 Å². The van der Waals surface area contributed by atoms with Crippen LogP contribution in [0.4, 0.5) is 14.5 Å². The number of nitriles is 1. The first-order valence-corrected chi connectivity index (χ1v) is 5.96. The molecule has 20 heavy (non-hydrogen) atoms. The van der Waals surface area contributed by atoms with Gasteiger partial charge in [-0.15, -0.1) is 0 Å². The molecule has 0 heterocycles. The number of rotatable bonds is 5. The molecule has 2 rings (SSSR count). The molecule has 0 aromatic heterocycles. The van der Waals surface area contributed by atoms with Gasteiger partial charge >= 0.3 is 0 Å². The first-order valence-electron chi connectivity index (χ1n) is 5.96. The number of anilines is 1. The van der Waals surface area contributed by atoms with Crippen molar-refractivity contribution in [3.05, 3.63) is 59.7 Å². The maximum absolute atomic E-state index is 13.4. The fraction of sp³-hybridized carbons (Fsp3) is 0.133. The summed E-state index contributed by atoms with van der Waals surface area (Å²) in [6, 6.07) is 12.2. The quantitative estimate of drug-likeness (QED) is 0.907. The maximum atomic E-state index is 13.4. The lowest BCUT2D eigenvalue weighted by molar-refractivity contribution is 0.368. The van der Waals surface area contributed by atoms with Gasteiger partial charge in [-0.25, -0.2) is 8.78 Å². The highest BCUT2D eigenvalue weighted by Gasteiger charge is 2.04. The number of ether oxygens (including phenoxy) is 1. The van der Waals surface area contributed by atoms with Gasteiger partial charge < -0.3 is 10.1 Å². The molecule has 2 aromatic carbocycles. The molecule has 102 valence electrons. The number of nitrogens with one attached hydrogen (secondary N) is 1. The Morgan fingerprint density at radius 2 is 2.00 bits per heavy atom. The number of hydrogen-bond donors (Lipinski definition) is 1. The van der Waals surface area contributed by atoms with Crippen molar-refractivity contribution in [2.75, 3.05) is 11.9 Å². The van der Waals surface area contributed by atoms with E-state index < -0.39 is 11.6 Å². The predicted molar refractivity (Wildman–Crippen MR) is 71.2 cm³/mol. The Kier molecular flexibility index (Phi) is 4.51. The zero-order chi connectivity index (χ0) is 14.4. The SMILES string of the molecule is N#CCOc1cccc(CNc2cc(F)ccc2F)c1. The van der Waals surface area contributed by atoms with Gasteiger partial charge in [-0.3, -0.25) is 0 Å². The van der Waals surface area contributed by atoms with Crippen molar-refractivity contribution in [1.29, 1.82) is 5.26 Å². The van der Waals surface area contributed by atoms with Crippen LogP contribution in [0.2, 0.25) is 0 Å². The number of hydrogen-bond acceptors (Lipinski definition) is 3. The van der Waals surface area contributed by atoms with E-state index in [4.69, 9.17) is 10.00 Å². The Morgan fingerprint density at radius 1 is 1.15 bits per heavy atom. The van der Waals surface area contributed by atoms with Crippen molar-refractivity contribution in [3.63, 3.8) is 0 Å². The van der Waals surface area contributed by atoms with E-state index in [1.54, 1.807) is 18.2 Å². The van der Waals surface area contributed by atoms with Crippen LogP contribution in [-0.4, -0.2) is 6.61 Å². The smallest absolute Gasteiger partial charge is 0.174 e. The molecule has 0 radical (unpaired) electrons. The Balaban J connectivity index is 2.03. The van der Waals surface area contributed by atoms with Gasteiger partial charge in [0, 0.05) is 6.54 Å². The molecule has 2 aromatic rings. The topological polar surface area (TPSA) is 45.0 Å². The van der Waals surface area contributed by atoms with Crippen molar-refractivity contribution in [3.8, 4) is 11.8 Å². The largest absolute Gasteiger partial charge is 0.479 e. The Hall–Kier alpha value is -2.61. The summed E-state index contributed by atoms with van der Waals surface area (Å²) in [6.45, 7) is 0.291. The van der Waals surface area contributed by atoms with E-state index in [-0.39, 0.29) is 12.3 Å². The van der Waals surface area contributed by atoms with Crippen molar-refractivity contribution in [2.24, 2.45) is 0 Å². The summed E-state index contributed by atoms with van der Waals surface area (Å²) in [5.74, 6) is -0.450. The first-order chi connectivity index (χ1) is 9.69. The lowest BCUT2D eigenvalue weighted by atomic mass is 10.2. The van der Waals surface area contributed by atoms with E-state index in [9.17, 15) is 8.78 Å². The van der Waals surface area contributed by atoms with Gasteiger partial charge in [-0.1, -0.05) is 12.1 Å². The van der Waals surface area contributed by atoms with E-state index in [0.717, 1.165) is 23.8 Å². The third-order valence-corrected chi connectivity index (χ3v) is 2.61. The Bertz CT molecular complexity index is 638. The van der Waals surface area contributed by atoms with Gasteiger partial charge in [0.1, 0.15) is 23.5 Å². The molecule has 0 bridgehead atoms. The van der Waals surface area contributed by atoms with Crippen LogP contribution in [0.25, 0.3) is 0 Å². The van der Waals surface area contributed by atoms with Crippen LogP contribution < -0.4 is 10.1 Å². The second-order valence-corrected chi connectivity index (χ2v) is 4.07. The molecule has 5 heteroatoms. The minimum atomic E-state index is -0.511. The summed E-state index contributed by atoms with van der Waals surface area (Å²) in [5.41, 5.74) is 0.942. The molecule has 0 fully saturated rings. The predicted octanol–water partition coefficient (Wildman–Crippen LogP) is 3.48. The van der Waals surface area contributed by atoms with Crippen LogP contribution in [-0.2, 0) is 6.54 Å². The van der Waals surface area contributed by atoms with Crippen molar-refractivity contribution >= 4 is 5.69 Å². The molecular formula is C15H12F2N2O. The normalized spacial score (nSPS) is 9.85. The molecule has 0 amide bonds. The Morgan fingerprint density at radius 3 is 2.80 bits per heavy atom. The summed E-state index contributed by atoms with van der Waals surface area (Å²) < 4.78 is 31.6. The van der Waals surface area contributed by atoms with Crippen molar-refractivity contribution in [2.45, 2.75) is 6.54 Å². The molecule has 3 nitrogen and oxygen atoms in total. The summed E-state index contributed by atoms with van der Waals surface area (Å²) in [7, 11) is 0. The molecule has 0 atom stereocenters. The molecule has 0 unspecified atom stereocenters. The fourth-order valence-corrected chi connectivity index (χ4v) is 1.69. The second kappa shape index (κ2) is 6.53. The van der Waals surface area contributed by atoms with Crippen molar-refractivity contribution < 1.29 is 13.5 Å². The molecule has 0 aliphatic carbocycles. The van der Waals surface area contributed by atoms with Gasteiger partial charge in [-0.2, -0.15) is 5.26 Å². The number of nitrogens with zero attached hydrogens (tertiary/aromatic N) is 1. The van der Waals surface area contributed by atoms with Crippen molar-refractivity contribution in [1.82, 2.24) is 0 Å². The van der Waals surface area contributed by atoms with Gasteiger partial charge in [0.25, 0.3) is 0 Å². The molecule has 0 spiro atoms. The van der Waals surface area contributed by atoms with Crippen LogP contribution in [0.15, 0.2) is 42.5 Å². The van der Waals surface area contributed by atoms with Gasteiger partial charge in [0.15, 0.2) is 6.61 Å². The zero-order valence-corrected chi connectivity index (χ0v) is 10.6. The molecule has 0 saturated heterocycles. The highest BCUT2D eigenvalue weighted by molar-refractivity contribution is 5.45. The number of halogens is 2. The van der Waals surface area contributed by atoms with Crippen LogP contribution in [0.5, 0.6) is 5.75 Å². The molecule has 0 saturated carbocycles. The van der Waals surface area contributed by atoms with Crippen LogP contribution in [0.1, 0.15) is 5.56 Å². The second-order valence-electron chi connectivity index (χ2n) is 4.07. The van der Waals surface area contributed by atoms with E-state index >= 15 is 0 Å². The van der Waals surface area contributed by atoms with E-state index in [1.165, 1.54) is 0 Å². The van der Waals surface area contributed by atoms with Crippen LogP contribution in [0.3, 0.4) is 0 Å². The van der Waals surface area contributed by atoms with Gasteiger partial charge in [-0.05, 0) is 35.9 Å². The maximum Gasteiger partial charge on any atom is 0.174 e. The third kappa shape index (κ3) is 3.69. The average molecular weight is 274 g/mol. The Labute approximate surface area is 115 Å². The standard InChI is InChI=1S/C15H12F2N2O/c16-12-4-5-14(17)15(9-12)19-10-11-2-1-3-13(8-11)20-7-6-18/h1-5,8-9,19H,7,10H2. The first kappa shape index (κ1) is 13.8. The van der Waals surface area contributed by atoms with E-state index in [1.807, 2.05) is 12.1 Å². The third-order valence-electron chi connectivity index (χ3n) is 2.61. The average Bonchev–Trinajstić information content (AvgIpc) is 2.46. The molecule has 0 aliphatic heterocycles. The molecule has 1 N–H and O–H groups in total. The monoisotopic (exact) mass is 274 g/mol. The zero-order valence-electron chi connectivity index (χ0n) is 10.6. The summed E-state index contributed by atoms with van der Waals surface area (Å²) in [5, 5.41) is 11.3. The lowest BCUT2D eigenvalue weighted by Gasteiger charge is -2.09. The van der Waals surface area contributed by atoms with Crippen LogP contribution >= 0.6 is 0 Å². The van der Waals surface area contributed by atoms with Gasteiger partial charge in [0.2, 0.25) is 0 Å². The lowest BCUT2D eigenvalue weighted by Crippen LogP contribution is -2.02. The molecule has 0 aliphatic rings. The fourth-order valence-electron chi connectivity index (χ4n) is 1.69. The molecular weight excluding hydrogens is 262 g/mol. The summed E-state index contributed by atoms with van der Waals surface area (Å²) in [4.78, 5) is 0. The van der Waals surface area contributed by atoms with Gasteiger partial charge in [0.05, 0.1) is 5.69 Å². The van der Waals surface area contributed by atoms with E-state index in [0.29, 0.717) is 12.3 Å². The minimum absolute atomic E-state index is 0.0323.